The monoisotopic (exact) mass is 1650 g/mol. The van der Waals surface area contributed by atoms with Crippen molar-refractivity contribution >= 4 is 55.7 Å². The number of benzene rings is 12. The van der Waals surface area contributed by atoms with Crippen LogP contribution in [0.25, 0.3) is 77.2 Å². The van der Waals surface area contributed by atoms with Gasteiger partial charge in [-0.3, -0.25) is 0 Å². The van der Waals surface area contributed by atoms with E-state index in [4.69, 9.17) is 0 Å². The third-order valence-corrected chi connectivity index (χ3v) is 36.2. The van der Waals surface area contributed by atoms with Crippen LogP contribution < -0.4 is 9.80 Å². The Labute approximate surface area is 754 Å². The van der Waals surface area contributed by atoms with E-state index in [0.717, 1.165) is 71.0 Å². The second-order valence-corrected chi connectivity index (χ2v) is 49.2. The summed E-state index contributed by atoms with van der Waals surface area (Å²) in [6, 6.07) is 101. The molecule has 16 saturated carbocycles. The van der Waals surface area contributed by atoms with Gasteiger partial charge in [0.25, 0.3) is 0 Å². The van der Waals surface area contributed by atoms with Crippen LogP contribution in [0.1, 0.15) is 282 Å². The minimum Gasteiger partial charge on any atom is -0.309 e. The van der Waals surface area contributed by atoms with Gasteiger partial charge in [-0.1, -0.05) is 259 Å². The van der Waals surface area contributed by atoms with E-state index in [9.17, 15) is 0 Å². The highest BCUT2D eigenvalue weighted by Gasteiger charge is 2.56. The quantitative estimate of drug-likeness (QED) is 0.0746. The van der Waals surface area contributed by atoms with Gasteiger partial charge in [0.15, 0.2) is 0 Å². The van der Waals surface area contributed by atoms with Crippen molar-refractivity contribution in [2.45, 2.75) is 281 Å². The minimum absolute atomic E-state index is 0.168. The van der Waals surface area contributed by atoms with Gasteiger partial charge in [-0.15, -0.1) is 0 Å². The van der Waals surface area contributed by atoms with E-state index >= 15 is 0 Å². The van der Waals surface area contributed by atoms with Crippen LogP contribution in [0.15, 0.2) is 243 Å². The lowest BCUT2D eigenvalue weighted by atomic mass is 9.48. The topological polar surface area (TPSA) is 6.48 Å². The Bertz CT molecular complexity index is 5830. The SMILES string of the molecule is CC(C)(C)c1cc(N(c2cc(-c3ccc(C45CC6CC(CC(C6)C4)C5)cc3)cc(-c3ccc(C45CC6CC(CC(C6)C4)C5)cc3)c2)c2c3ccccc3c(N(c3cc(-c4ccc(C56CC7CC(CC(C7)C5)C6)cc4)cc(-c4ccc(C56CC7CC(CC(C7)C5)C6)cc4)c3)c3cc(C(C)(C)C)cc(C(C)(C)C)c3)c3cc(-c4ccccc4)ccc23)cc(C(C)(C)C)c1. The van der Waals surface area contributed by atoms with Crippen molar-refractivity contribution in [3.8, 4) is 55.6 Å². The maximum Gasteiger partial charge on any atom is 0.0620 e. The summed E-state index contributed by atoms with van der Waals surface area (Å²) in [5.41, 5.74) is 31.9. The largest absolute Gasteiger partial charge is 0.309 e. The fourth-order valence-corrected chi connectivity index (χ4v) is 31.5. The molecule has 16 bridgehead atoms. The van der Waals surface area contributed by atoms with Crippen LogP contribution >= 0.6 is 0 Å². The number of rotatable bonds is 15. The van der Waals surface area contributed by atoms with Crippen LogP contribution in [-0.4, -0.2) is 0 Å². The van der Waals surface area contributed by atoms with Gasteiger partial charge in [-0.2, -0.15) is 0 Å². The zero-order chi connectivity index (χ0) is 85.5. The van der Waals surface area contributed by atoms with E-state index < -0.39 is 0 Å². The predicted octanol–water partition coefficient (Wildman–Crippen LogP) is 34.3. The Kier molecular flexibility index (Phi) is 18.5. The van der Waals surface area contributed by atoms with E-state index in [1.807, 2.05) is 0 Å². The molecule has 126 heavy (non-hydrogen) atoms. The van der Waals surface area contributed by atoms with E-state index in [1.54, 1.807) is 22.3 Å². The van der Waals surface area contributed by atoms with Crippen molar-refractivity contribution in [2.75, 3.05) is 9.80 Å². The lowest BCUT2D eigenvalue weighted by molar-refractivity contribution is -0.00530. The smallest absolute Gasteiger partial charge is 0.0620 e. The molecule has 0 aliphatic heterocycles. The number of hydrogen-bond acceptors (Lipinski definition) is 2. The molecule has 0 heterocycles. The summed E-state index contributed by atoms with van der Waals surface area (Å²) >= 11 is 0. The average Bonchev–Trinajstić information content (AvgIpc) is 0.732. The molecular weight excluding hydrogens is 1520 g/mol. The predicted molar refractivity (Wildman–Crippen MR) is 532 cm³/mol. The normalized spacial score (nSPS) is 29.6. The lowest BCUT2D eigenvalue weighted by Gasteiger charge is -2.57. The Morgan fingerprint density at radius 2 is 0.405 bits per heavy atom. The first-order chi connectivity index (χ1) is 60.5. The molecule has 0 saturated heterocycles. The molecule has 642 valence electrons. The Morgan fingerprint density at radius 1 is 0.190 bits per heavy atom. The van der Waals surface area contributed by atoms with E-state index in [1.165, 1.54) is 288 Å². The van der Waals surface area contributed by atoms with Crippen molar-refractivity contribution < 1.29 is 0 Å². The first kappa shape index (κ1) is 80.1. The van der Waals surface area contributed by atoms with Crippen molar-refractivity contribution in [1.82, 2.24) is 0 Å². The first-order valence-electron chi connectivity index (χ1n) is 50.2. The highest BCUT2D eigenvalue weighted by Crippen LogP contribution is 2.67. The third-order valence-electron chi connectivity index (χ3n) is 36.2. The fraction of sp³-hybridized carbons (Fsp3) is 0.452. The van der Waals surface area contributed by atoms with Crippen molar-refractivity contribution in [3.63, 3.8) is 0 Å². The molecule has 2 nitrogen and oxygen atoms in total. The van der Waals surface area contributed by atoms with Gasteiger partial charge >= 0.3 is 0 Å². The Hall–Kier alpha value is -9.24. The summed E-state index contributed by atoms with van der Waals surface area (Å²) < 4.78 is 0. The van der Waals surface area contributed by atoms with Crippen LogP contribution in [0.4, 0.5) is 34.1 Å². The minimum atomic E-state index is -0.172. The van der Waals surface area contributed by atoms with Gasteiger partial charge in [0, 0.05) is 44.3 Å². The van der Waals surface area contributed by atoms with Crippen LogP contribution in [0, 0.1) is 71.0 Å². The zero-order valence-electron chi connectivity index (χ0n) is 77.9. The molecule has 0 unspecified atom stereocenters. The molecule has 12 aromatic carbocycles. The molecule has 0 N–H and O–H groups in total. The highest BCUT2D eigenvalue weighted by atomic mass is 15.2. The van der Waals surface area contributed by atoms with E-state index in [-0.39, 0.29) is 21.7 Å². The van der Waals surface area contributed by atoms with Crippen LogP contribution in [0.3, 0.4) is 0 Å². The summed E-state index contributed by atoms with van der Waals surface area (Å²) in [6.07, 6.45) is 33.8. The molecule has 16 fully saturated rings. The first-order valence-corrected chi connectivity index (χ1v) is 50.2. The second kappa shape index (κ2) is 29.1. The number of anilines is 6. The van der Waals surface area contributed by atoms with Gasteiger partial charge in [-0.05, 0) is 435 Å². The highest BCUT2D eigenvalue weighted by molar-refractivity contribution is 6.24. The summed E-state index contributed by atoms with van der Waals surface area (Å²) in [6.45, 7) is 29.1. The molecule has 16 aliphatic rings. The maximum atomic E-state index is 2.79. The molecular formula is C124H136N2. The summed E-state index contributed by atoms with van der Waals surface area (Å²) in [5, 5.41) is 4.84. The van der Waals surface area contributed by atoms with Gasteiger partial charge in [0.05, 0.1) is 11.4 Å². The van der Waals surface area contributed by atoms with Gasteiger partial charge in [0.1, 0.15) is 0 Å². The number of nitrogens with zero attached hydrogens (tertiary/aromatic N) is 2. The third kappa shape index (κ3) is 13.9. The molecule has 28 rings (SSSR count). The maximum absolute atomic E-state index is 2.79. The lowest BCUT2D eigenvalue weighted by Crippen LogP contribution is -2.48. The summed E-state index contributed by atoms with van der Waals surface area (Å²) in [4.78, 5) is 5.57. The van der Waals surface area contributed by atoms with Crippen LogP contribution in [-0.2, 0) is 43.3 Å². The molecule has 0 amide bonds. The zero-order valence-corrected chi connectivity index (χ0v) is 77.9. The van der Waals surface area contributed by atoms with E-state index in [2.05, 4.69) is 336 Å². The molecule has 12 aromatic rings. The van der Waals surface area contributed by atoms with Crippen LogP contribution in [0.2, 0.25) is 0 Å². The van der Waals surface area contributed by atoms with Crippen molar-refractivity contribution in [2.24, 2.45) is 71.0 Å². The van der Waals surface area contributed by atoms with Gasteiger partial charge in [0.2, 0.25) is 0 Å². The van der Waals surface area contributed by atoms with Gasteiger partial charge in [-0.25, -0.2) is 0 Å². The van der Waals surface area contributed by atoms with Crippen LogP contribution in [0.5, 0.6) is 0 Å². The second-order valence-electron chi connectivity index (χ2n) is 49.2. The average molecular weight is 1650 g/mol. The standard InChI is InChI=1S/C124H136N2/c1-117(2,3)103-59-104(118(4,5)6)62-109(61-103)125(107-54-95(90-22-31-99(32-23-90)121-65-77-40-78(66-121)42-79(41-77)67-121)52-96(55-107)91-24-33-100(34-25-91)122-68-80-43-81(69-122)45-82(44-80)70-122)115-111-20-16-17-21-112(111)116(114-58-94(30-39-113(114)115)89-18-14-13-15-19-89)126(110-63-105(119(7,8)9)60-106(64-110)120(10,11)12)108-56-97(92-26-35-101(36-27-92)123-71-83-46-84(72-123)48-85(47-83)73-123)53-98(57-108)93-28-37-102(38-29-93)124-74-86-49-87(75-124)51-88(50-86)76-124/h13-39,52-64,77-88H,40-51,65-76H2,1-12H3. The summed E-state index contributed by atoms with van der Waals surface area (Å²) in [7, 11) is 0. The Morgan fingerprint density at radius 3 is 0.659 bits per heavy atom. The summed E-state index contributed by atoms with van der Waals surface area (Å²) in [5.74, 6) is 10.6. The number of hydrogen-bond donors (Lipinski definition) is 0. The molecule has 0 radical (unpaired) electrons. The Balaban J connectivity index is 0.762. The molecule has 0 aromatic heterocycles. The molecule has 2 heteroatoms. The number of fused-ring (bicyclic) bond motifs is 2. The fourth-order valence-electron chi connectivity index (χ4n) is 31.5. The van der Waals surface area contributed by atoms with Gasteiger partial charge < -0.3 is 9.80 Å². The van der Waals surface area contributed by atoms with E-state index in [0.29, 0.717) is 21.7 Å². The van der Waals surface area contributed by atoms with Crippen molar-refractivity contribution in [3.05, 3.63) is 287 Å². The van der Waals surface area contributed by atoms with Crippen molar-refractivity contribution in [1.29, 1.82) is 0 Å². The molecule has 0 atom stereocenters. The molecule has 16 aliphatic carbocycles. The molecule has 0 spiro atoms.